The van der Waals surface area contributed by atoms with Crippen LogP contribution in [0.4, 0.5) is 0 Å². The Bertz CT molecular complexity index is 1040. The van der Waals surface area contributed by atoms with Crippen LogP contribution in [-0.4, -0.2) is 60.1 Å². The molecule has 174 valence electrons. The number of carbonyl (C=O) groups excluding carboxylic acids is 1. The SMILES string of the molecule is CNS(=O)(=O)c1cc(C(=O)NCC(c2ccccc2OC)N2CCCCC2)ccc1OC. The van der Waals surface area contributed by atoms with E-state index in [1.54, 1.807) is 13.2 Å². The molecule has 2 aromatic carbocycles. The topological polar surface area (TPSA) is 97.0 Å². The highest BCUT2D eigenvalue weighted by atomic mass is 32.2. The Morgan fingerprint density at radius 1 is 1.03 bits per heavy atom. The standard InChI is InChI=1S/C23H31N3O5S/c1-24-32(28,29)22-15-17(11-12-21(22)31-3)23(27)25-16-19(26-13-7-4-8-14-26)18-9-5-6-10-20(18)30-2/h5-6,9-12,15,19,24H,4,7-8,13-14,16H2,1-3H3,(H,25,27). The van der Waals surface area contributed by atoms with E-state index in [4.69, 9.17) is 9.47 Å². The Hall–Kier alpha value is -2.62. The molecule has 2 aromatic rings. The maximum Gasteiger partial charge on any atom is 0.251 e. The second kappa shape index (κ2) is 10.8. The molecule has 1 amide bonds. The minimum atomic E-state index is -3.78. The first kappa shape index (κ1) is 24.0. The van der Waals surface area contributed by atoms with Crippen molar-refractivity contribution in [3.8, 4) is 11.5 Å². The zero-order chi connectivity index (χ0) is 23.1. The van der Waals surface area contributed by atoms with Gasteiger partial charge >= 0.3 is 0 Å². The van der Waals surface area contributed by atoms with Crippen LogP contribution in [0.1, 0.15) is 41.2 Å². The van der Waals surface area contributed by atoms with Gasteiger partial charge < -0.3 is 14.8 Å². The molecular formula is C23H31N3O5S. The van der Waals surface area contributed by atoms with Crippen molar-refractivity contribution in [3.05, 3.63) is 53.6 Å². The molecular weight excluding hydrogens is 430 g/mol. The summed E-state index contributed by atoms with van der Waals surface area (Å²) in [5, 5.41) is 2.99. The number of nitrogens with zero attached hydrogens (tertiary/aromatic N) is 1. The highest BCUT2D eigenvalue weighted by Crippen LogP contribution is 2.31. The minimum Gasteiger partial charge on any atom is -0.496 e. The van der Waals surface area contributed by atoms with Gasteiger partial charge in [0.25, 0.3) is 5.91 Å². The number of hydrogen-bond acceptors (Lipinski definition) is 6. The number of piperidine rings is 1. The monoisotopic (exact) mass is 461 g/mol. The number of rotatable bonds is 9. The Labute approximate surface area is 190 Å². The third-order valence-electron chi connectivity index (χ3n) is 5.77. The largest absolute Gasteiger partial charge is 0.496 e. The number of carbonyl (C=O) groups is 1. The molecule has 1 aliphatic heterocycles. The summed E-state index contributed by atoms with van der Waals surface area (Å²) in [5.74, 6) is 0.609. The van der Waals surface area contributed by atoms with Crippen molar-refractivity contribution < 1.29 is 22.7 Å². The highest BCUT2D eigenvalue weighted by Gasteiger charge is 2.26. The molecule has 1 fully saturated rings. The lowest BCUT2D eigenvalue weighted by molar-refractivity contribution is 0.0923. The predicted octanol–water partition coefficient (Wildman–Crippen LogP) is 2.57. The Morgan fingerprint density at radius 3 is 2.38 bits per heavy atom. The highest BCUT2D eigenvalue weighted by molar-refractivity contribution is 7.89. The number of nitrogens with one attached hydrogen (secondary N) is 2. The maximum atomic E-state index is 13.0. The normalized spacial score (nSPS) is 15.7. The van der Waals surface area contributed by atoms with E-state index in [0.717, 1.165) is 37.2 Å². The van der Waals surface area contributed by atoms with Crippen LogP contribution in [0.15, 0.2) is 47.4 Å². The number of hydrogen-bond donors (Lipinski definition) is 2. The minimum absolute atomic E-state index is 0.0471. The van der Waals surface area contributed by atoms with Crippen LogP contribution < -0.4 is 19.5 Å². The van der Waals surface area contributed by atoms with Gasteiger partial charge in [0.1, 0.15) is 16.4 Å². The number of likely N-dealkylation sites (tertiary alicyclic amines) is 1. The van der Waals surface area contributed by atoms with Crippen molar-refractivity contribution in [1.29, 1.82) is 0 Å². The van der Waals surface area contributed by atoms with Crippen LogP contribution >= 0.6 is 0 Å². The molecule has 0 spiro atoms. The Morgan fingerprint density at radius 2 is 1.72 bits per heavy atom. The molecule has 1 heterocycles. The molecule has 0 saturated carbocycles. The van der Waals surface area contributed by atoms with E-state index < -0.39 is 10.0 Å². The van der Waals surface area contributed by atoms with Gasteiger partial charge in [0, 0.05) is 17.7 Å². The zero-order valence-electron chi connectivity index (χ0n) is 18.8. The van der Waals surface area contributed by atoms with Crippen LogP contribution in [0.3, 0.4) is 0 Å². The summed E-state index contributed by atoms with van der Waals surface area (Å²) >= 11 is 0. The molecule has 1 saturated heterocycles. The average Bonchev–Trinajstić information content (AvgIpc) is 2.84. The summed E-state index contributed by atoms with van der Waals surface area (Å²) in [5.41, 5.74) is 1.27. The second-order valence-corrected chi connectivity index (χ2v) is 9.49. The third kappa shape index (κ3) is 5.40. The molecule has 3 rings (SSSR count). The van der Waals surface area contributed by atoms with Gasteiger partial charge in [-0.1, -0.05) is 24.6 Å². The number of sulfonamides is 1. The van der Waals surface area contributed by atoms with E-state index in [-0.39, 0.29) is 28.2 Å². The van der Waals surface area contributed by atoms with E-state index in [1.165, 1.54) is 32.7 Å². The molecule has 9 heteroatoms. The number of benzene rings is 2. The number of para-hydroxylation sites is 1. The van der Waals surface area contributed by atoms with Gasteiger partial charge in [-0.05, 0) is 57.2 Å². The van der Waals surface area contributed by atoms with Gasteiger partial charge in [-0.15, -0.1) is 0 Å². The second-order valence-electron chi connectivity index (χ2n) is 7.64. The van der Waals surface area contributed by atoms with Crippen molar-refractivity contribution in [2.24, 2.45) is 0 Å². The Kier molecular flexibility index (Phi) is 8.11. The molecule has 0 aliphatic carbocycles. The number of methoxy groups -OCH3 is 2. The molecule has 1 aliphatic rings. The fourth-order valence-corrected chi connectivity index (χ4v) is 4.96. The van der Waals surface area contributed by atoms with Crippen LogP contribution in [-0.2, 0) is 10.0 Å². The van der Waals surface area contributed by atoms with Gasteiger partial charge in [0.2, 0.25) is 10.0 Å². The predicted molar refractivity (Wildman–Crippen MR) is 123 cm³/mol. The van der Waals surface area contributed by atoms with E-state index in [2.05, 4.69) is 14.9 Å². The molecule has 0 aromatic heterocycles. The summed E-state index contributed by atoms with van der Waals surface area (Å²) in [4.78, 5) is 15.3. The van der Waals surface area contributed by atoms with Crippen molar-refractivity contribution in [2.45, 2.75) is 30.2 Å². The van der Waals surface area contributed by atoms with Crippen molar-refractivity contribution in [2.75, 3.05) is 40.9 Å². The molecule has 1 unspecified atom stereocenters. The van der Waals surface area contributed by atoms with E-state index in [1.807, 2.05) is 24.3 Å². The smallest absolute Gasteiger partial charge is 0.251 e. The zero-order valence-corrected chi connectivity index (χ0v) is 19.6. The number of amides is 1. The molecule has 32 heavy (non-hydrogen) atoms. The van der Waals surface area contributed by atoms with Gasteiger partial charge in [-0.25, -0.2) is 13.1 Å². The third-order valence-corrected chi connectivity index (χ3v) is 7.20. The van der Waals surface area contributed by atoms with Gasteiger partial charge in [-0.2, -0.15) is 0 Å². The van der Waals surface area contributed by atoms with Crippen LogP contribution in [0, 0.1) is 0 Å². The summed E-state index contributed by atoms with van der Waals surface area (Å²) in [6.45, 7) is 2.27. The molecule has 0 bridgehead atoms. The van der Waals surface area contributed by atoms with Gasteiger partial charge in [0.15, 0.2) is 0 Å². The Balaban J connectivity index is 1.84. The lowest BCUT2D eigenvalue weighted by Gasteiger charge is -2.35. The molecule has 8 nitrogen and oxygen atoms in total. The molecule has 0 radical (unpaired) electrons. The van der Waals surface area contributed by atoms with Crippen molar-refractivity contribution in [3.63, 3.8) is 0 Å². The summed E-state index contributed by atoms with van der Waals surface area (Å²) < 4.78 is 37.7. The first-order chi connectivity index (χ1) is 15.4. The van der Waals surface area contributed by atoms with E-state index in [0.29, 0.717) is 6.54 Å². The lowest BCUT2D eigenvalue weighted by Crippen LogP contribution is -2.40. The van der Waals surface area contributed by atoms with E-state index in [9.17, 15) is 13.2 Å². The molecule has 2 N–H and O–H groups in total. The van der Waals surface area contributed by atoms with E-state index >= 15 is 0 Å². The average molecular weight is 462 g/mol. The summed E-state index contributed by atoms with van der Waals surface area (Å²) in [6.07, 6.45) is 3.43. The number of ether oxygens (including phenoxy) is 2. The van der Waals surface area contributed by atoms with Crippen LogP contribution in [0.2, 0.25) is 0 Å². The van der Waals surface area contributed by atoms with Crippen molar-refractivity contribution >= 4 is 15.9 Å². The summed E-state index contributed by atoms with van der Waals surface area (Å²) in [6, 6.07) is 12.2. The molecule has 1 atom stereocenters. The van der Waals surface area contributed by atoms with Crippen LogP contribution in [0.25, 0.3) is 0 Å². The van der Waals surface area contributed by atoms with Crippen molar-refractivity contribution in [1.82, 2.24) is 14.9 Å². The van der Waals surface area contributed by atoms with Crippen LogP contribution in [0.5, 0.6) is 11.5 Å². The first-order valence-corrected chi connectivity index (χ1v) is 12.2. The van der Waals surface area contributed by atoms with Gasteiger partial charge in [-0.3, -0.25) is 9.69 Å². The van der Waals surface area contributed by atoms with Gasteiger partial charge in [0.05, 0.1) is 20.3 Å². The quantitative estimate of drug-likeness (QED) is 0.596. The fraction of sp³-hybridized carbons (Fsp3) is 0.435. The lowest BCUT2D eigenvalue weighted by atomic mass is 10.0. The maximum absolute atomic E-state index is 13.0. The first-order valence-electron chi connectivity index (χ1n) is 10.7. The fourth-order valence-electron chi connectivity index (χ4n) is 4.04. The summed E-state index contributed by atoms with van der Waals surface area (Å²) in [7, 11) is 0.574.